The van der Waals surface area contributed by atoms with Crippen LogP contribution < -0.4 is 14.5 Å². The van der Waals surface area contributed by atoms with Crippen molar-refractivity contribution in [3.63, 3.8) is 0 Å². The fraction of sp³-hybridized carbons (Fsp3) is 0.364. The summed E-state index contributed by atoms with van der Waals surface area (Å²) in [4.78, 5) is 24.4. The largest absolute Gasteiger partial charge is 0.326 e. The number of thiazole rings is 1. The Balaban J connectivity index is 1.66. The number of amides is 1. The maximum Gasteiger partial charge on any atom is 0.308 e. The molecule has 31 heavy (non-hydrogen) atoms. The van der Waals surface area contributed by atoms with Crippen molar-refractivity contribution < 1.29 is 13.2 Å². The van der Waals surface area contributed by atoms with Crippen LogP contribution >= 0.6 is 11.3 Å². The number of hydrogen-bond donors (Lipinski definition) is 1. The number of benzene rings is 2. The zero-order valence-electron chi connectivity index (χ0n) is 18.1. The van der Waals surface area contributed by atoms with Gasteiger partial charge in [-0.15, -0.1) is 0 Å². The molecule has 0 aliphatic carbocycles. The highest BCUT2D eigenvalue weighted by Crippen LogP contribution is 2.25. The van der Waals surface area contributed by atoms with Crippen LogP contribution in [0.2, 0.25) is 0 Å². The minimum absolute atomic E-state index is 0.0201. The van der Waals surface area contributed by atoms with Gasteiger partial charge in [-0.1, -0.05) is 23.5 Å². The molecule has 0 saturated heterocycles. The van der Waals surface area contributed by atoms with Gasteiger partial charge in [0.2, 0.25) is 15.9 Å². The van der Waals surface area contributed by atoms with E-state index in [9.17, 15) is 18.0 Å². The monoisotopic (exact) mass is 461 g/mol. The summed E-state index contributed by atoms with van der Waals surface area (Å²) in [6.45, 7) is 6.52. The topological polar surface area (TPSA) is 88.5 Å². The minimum atomic E-state index is -3.47. The Hall–Kier alpha value is -2.65. The normalized spacial score (nSPS) is 11.6. The average Bonchev–Trinajstić information content (AvgIpc) is 3.00. The SMILES string of the molecule is CCn1c(=O)sc2cc(NC(=O)CCCN(c3cc(C)ccc3C)S(C)(=O)=O)ccc21. The molecule has 3 rings (SSSR count). The van der Waals surface area contributed by atoms with E-state index in [1.807, 2.05) is 45.0 Å². The first kappa shape index (κ1) is 23.0. The molecule has 3 aromatic rings. The third-order valence-electron chi connectivity index (χ3n) is 5.07. The van der Waals surface area contributed by atoms with Gasteiger partial charge < -0.3 is 5.32 Å². The Morgan fingerprint density at radius 2 is 1.90 bits per heavy atom. The van der Waals surface area contributed by atoms with Crippen LogP contribution in [0.5, 0.6) is 0 Å². The smallest absolute Gasteiger partial charge is 0.308 e. The van der Waals surface area contributed by atoms with Crippen LogP contribution in [0.1, 0.15) is 30.9 Å². The van der Waals surface area contributed by atoms with Crippen LogP contribution in [0.15, 0.2) is 41.2 Å². The van der Waals surface area contributed by atoms with Crippen molar-refractivity contribution in [1.29, 1.82) is 0 Å². The standard InChI is InChI=1S/C22H27N3O4S2/c1-5-24-18-11-10-17(14-20(18)30-22(24)27)23-21(26)7-6-12-25(31(4,28)29)19-13-15(2)8-9-16(19)3/h8-11,13-14H,5-7,12H2,1-4H3,(H,23,26). The molecule has 1 N–H and O–H groups in total. The third kappa shape index (κ3) is 5.34. The number of nitrogens with one attached hydrogen (secondary N) is 1. The van der Waals surface area contributed by atoms with Crippen LogP contribution in [0.3, 0.4) is 0 Å². The molecule has 0 atom stereocenters. The van der Waals surface area contributed by atoms with E-state index in [0.717, 1.165) is 32.7 Å². The van der Waals surface area contributed by atoms with E-state index in [2.05, 4.69) is 5.32 Å². The number of anilines is 2. The van der Waals surface area contributed by atoms with E-state index in [1.54, 1.807) is 16.7 Å². The highest BCUT2D eigenvalue weighted by Gasteiger charge is 2.19. The van der Waals surface area contributed by atoms with Crippen molar-refractivity contribution in [1.82, 2.24) is 4.57 Å². The Morgan fingerprint density at radius 1 is 1.16 bits per heavy atom. The maximum atomic E-state index is 12.4. The fourth-order valence-electron chi connectivity index (χ4n) is 3.50. The Kier molecular flexibility index (Phi) is 6.86. The maximum absolute atomic E-state index is 12.4. The molecule has 1 amide bonds. The lowest BCUT2D eigenvalue weighted by Crippen LogP contribution is -2.32. The Labute approximate surface area is 186 Å². The van der Waals surface area contributed by atoms with Crippen molar-refractivity contribution >= 4 is 48.9 Å². The molecule has 0 radical (unpaired) electrons. The molecule has 0 fully saturated rings. The summed E-state index contributed by atoms with van der Waals surface area (Å²) in [6, 6.07) is 11.1. The molecular weight excluding hydrogens is 434 g/mol. The first-order valence-electron chi connectivity index (χ1n) is 10.1. The highest BCUT2D eigenvalue weighted by atomic mass is 32.2. The molecule has 0 spiro atoms. The van der Waals surface area contributed by atoms with Crippen LogP contribution in [-0.2, 0) is 21.4 Å². The van der Waals surface area contributed by atoms with Crippen molar-refractivity contribution in [2.24, 2.45) is 0 Å². The zero-order chi connectivity index (χ0) is 22.8. The molecule has 7 nitrogen and oxygen atoms in total. The summed E-state index contributed by atoms with van der Waals surface area (Å²) in [7, 11) is -3.47. The molecule has 9 heteroatoms. The minimum Gasteiger partial charge on any atom is -0.326 e. The number of sulfonamides is 1. The molecule has 0 saturated carbocycles. The van der Waals surface area contributed by atoms with E-state index in [1.165, 1.54) is 10.6 Å². The van der Waals surface area contributed by atoms with Crippen LogP contribution in [0.25, 0.3) is 10.2 Å². The summed E-state index contributed by atoms with van der Waals surface area (Å²) in [5.74, 6) is -0.198. The second-order valence-corrected chi connectivity index (χ2v) is 10.5. The molecule has 1 aromatic heterocycles. The number of carbonyl (C=O) groups excluding carboxylic acids is 1. The second-order valence-electron chi connectivity index (χ2n) is 7.57. The molecule has 2 aromatic carbocycles. The lowest BCUT2D eigenvalue weighted by Gasteiger charge is -2.24. The van der Waals surface area contributed by atoms with E-state index < -0.39 is 10.0 Å². The van der Waals surface area contributed by atoms with Crippen molar-refractivity contribution in [2.45, 2.75) is 40.2 Å². The number of nitrogens with zero attached hydrogens (tertiary/aromatic N) is 2. The van der Waals surface area contributed by atoms with Crippen LogP contribution in [-0.4, -0.2) is 31.7 Å². The van der Waals surface area contributed by atoms with Gasteiger partial charge in [-0.3, -0.25) is 18.5 Å². The van der Waals surface area contributed by atoms with Gasteiger partial charge in [0.05, 0.1) is 22.2 Å². The number of carbonyl (C=O) groups is 1. The number of rotatable bonds is 8. The highest BCUT2D eigenvalue weighted by molar-refractivity contribution is 7.92. The first-order valence-corrected chi connectivity index (χ1v) is 12.7. The lowest BCUT2D eigenvalue weighted by atomic mass is 10.1. The summed E-state index contributed by atoms with van der Waals surface area (Å²) in [5.41, 5.74) is 3.96. The quantitative estimate of drug-likeness (QED) is 0.551. The van der Waals surface area contributed by atoms with E-state index >= 15 is 0 Å². The van der Waals surface area contributed by atoms with Gasteiger partial charge in [-0.2, -0.15) is 0 Å². The zero-order valence-corrected chi connectivity index (χ0v) is 19.8. The van der Waals surface area contributed by atoms with Gasteiger partial charge in [0, 0.05) is 25.2 Å². The van der Waals surface area contributed by atoms with Crippen molar-refractivity contribution in [3.05, 3.63) is 57.2 Å². The van der Waals surface area contributed by atoms with E-state index in [4.69, 9.17) is 0 Å². The number of fused-ring (bicyclic) bond motifs is 1. The fourth-order valence-corrected chi connectivity index (χ4v) is 5.51. The van der Waals surface area contributed by atoms with Crippen molar-refractivity contribution in [3.8, 4) is 0 Å². The predicted octanol–water partition coefficient (Wildman–Crippen LogP) is 3.88. The second kappa shape index (κ2) is 9.23. The number of aromatic nitrogens is 1. The van der Waals surface area contributed by atoms with Gasteiger partial charge >= 0.3 is 4.87 Å². The Morgan fingerprint density at radius 3 is 2.58 bits per heavy atom. The summed E-state index contributed by atoms with van der Waals surface area (Å²) in [6.07, 6.45) is 1.74. The van der Waals surface area contributed by atoms with Crippen LogP contribution in [0, 0.1) is 13.8 Å². The average molecular weight is 462 g/mol. The van der Waals surface area contributed by atoms with Gasteiger partial charge in [0.1, 0.15) is 0 Å². The van der Waals surface area contributed by atoms with Gasteiger partial charge in [-0.05, 0) is 62.6 Å². The molecule has 0 aliphatic rings. The Bertz CT molecular complexity index is 1280. The molecule has 0 bridgehead atoms. The van der Waals surface area contributed by atoms with Gasteiger partial charge in [-0.25, -0.2) is 8.42 Å². The summed E-state index contributed by atoms with van der Waals surface area (Å²) in [5, 5.41) is 2.84. The molecule has 166 valence electrons. The third-order valence-corrected chi connectivity index (χ3v) is 7.19. The first-order chi connectivity index (χ1) is 14.6. The number of hydrogen-bond acceptors (Lipinski definition) is 5. The molecule has 0 aliphatic heterocycles. The van der Waals surface area contributed by atoms with Crippen LogP contribution in [0.4, 0.5) is 11.4 Å². The predicted molar refractivity (Wildman–Crippen MR) is 128 cm³/mol. The van der Waals surface area contributed by atoms with E-state index in [-0.39, 0.29) is 23.7 Å². The van der Waals surface area contributed by atoms with Gasteiger partial charge in [0.15, 0.2) is 0 Å². The lowest BCUT2D eigenvalue weighted by molar-refractivity contribution is -0.116. The number of aryl methyl sites for hydroxylation is 3. The van der Waals surface area contributed by atoms with E-state index in [0.29, 0.717) is 24.3 Å². The molecular formula is C22H27N3O4S2. The summed E-state index contributed by atoms with van der Waals surface area (Å²) < 4.78 is 28.6. The summed E-state index contributed by atoms with van der Waals surface area (Å²) >= 11 is 1.15. The van der Waals surface area contributed by atoms with Crippen molar-refractivity contribution in [2.75, 3.05) is 22.4 Å². The molecule has 0 unspecified atom stereocenters. The molecule has 1 heterocycles. The van der Waals surface area contributed by atoms with Gasteiger partial charge in [0.25, 0.3) is 0 Å².